The monoisotopic (exact) mass is 285 g/mol. The maximum atomic E-state index is 9.03. The van der Waals surface area contributed by atoms with E-state index < -0.39 is 0 Å². The maximum Gasteiger partial charge on any atom is 0.226 e. The number of aromatic nitrogens is 1. The summed E-state index contributed by atoms with van der Waals surface area (Å²) in [5.74, 6) is 1.22. The molecule has 100 valence electrons. The normalized spacial score (nSPS) is 10.7. The first-order chi connectivity index (χ1) is 9.76. The first-order valence-electron chi connectivity index (χ1n) is 6.18. The Kier molecular flexibility index (Phi) is 3.54. The van der Waals surface area contributed by atoms with Gasteiger partial charge in [0, 0.05) is 16.1 Å². The molecule has 0 aliphatic rings. The van der Waals surface area contributed by atoms with Crippen LogP contribution in [-0.4, -0.2) is 10.1 Å². The van der Waals surface area contributed by atoms with Crippen molar-refractivity contribution < 1.29 is 9.52 Å². The summed E-state index contributed by atoms with van der Waals surface area (Å²) in [5, 5.41) is 9.68. The van der Waals surface area contributed by atoms with Crippen LogP contribution in [0.5, 0.6) is 0 Å². The quantitative estimate of drug-likeness (QED) is 0.786. The van der Waals surface area contributed by atoms with E-state index in [0.29, 0.717) is 16.7 Å². The van der Waals surface area contributed by atoms with Crippen molar-refractivity contribution in [1.29, 1.82) is 0 Å². The van der Waals surface area contributed by atoms with Gasteiger partial charge in [-0.05, 0) is 23.8 Å². The lowest BCUT2D eigenvalue weighted by atomic mass is 10.1. The van der Waals surface area contributed by atoms with E-state index in [1.165, 1.54) is 0 Å². The highest BCUT2D eigenvalue weighted by atomic mass is 35.5. The van der Waals surface area contributed by atoms with E-state index in [9.17, 15) is 0 Å². The van der Waals surface area contributed by atoms with Crippen molar-refractivity contribution >= 4 is 11.6 Å². The van der Waals surface area contributed by atoms with Crippen LogP contribution in [0.25, 0.3) is 22.8 Å². The zero-order valence-electron chi connectivity index (χ0n) is 10.6. The van der Waals surface area contributed by atoms with Crippen molar-refractivity contribution in [1.82, 2.24) is 4.98 Å². The summed E-state index contributed by atoms with van der Waals surface area (Å²) in [4.78, 5) is 4.27. The Morgan fingerprint density at radius 2 is 1.85 bits per heavy atom. The molecule has 1 aromatic heterocycles. The highest BCUT2D eigenvalue weighted by molar-refractivity contribution is 6.30. The van der Waals surface area contributed by atoms with Crippen LogP contribution in [0.1, 0.15) is 5.56 Å². The van der Waals surface area contributed by atoms with Gasteiger partial charge in [0.1, 0.15) is 0 Å². The fourth-order valence-electron chi connectivity index (χ4n) is 1.94. The van der Waals surface area contributed by atoms with Crippen LogP contribution in [-0.2, 0) is 6.61 Å². The third-order valence-corrected chi connectivity index (χ3v) is 3.23. The van der Waals surface area contributed by atoms with Gasteiger partial charge in [-0.2, -0.15) is 0 Å². The van der Waals surface area contributed by atoms with Crippen molar-refractivity contribution in [2.75, 3.05) is 0 Å². The molecule has 0 atom stereocenters. The fraction of sp³-hybridized carbons (Fsp3) is 0.0625. The number of aliphatic hydroxyl groups is 1. The number of hydrogen-bond acceptors (Lipinski definition) is 3. The molecular weight excluding hydrogens is 274 g/mol. The number of halogens is 1. The number of nitrogens with zero attached hydrogens (tertiary/aromatic N) is 1. The lowest BCUT2D eigenvalue weighted by Crippen LogP contribution is -1.81. The second kappa shape index (κ2) is 5.49. The average Bonchev–Trinajstić information content (AvgIpc) is 2.97. The van der Waals surface area contributed by atoms with Crippen molar-refractivity contribution in [2.45, 2.75) is 6.61 Å². The van der Waals surface area contributed by atoms with Crippen molar-refractivity contribution in [3.8, 4) is 22.8 Å². The summed E-state index contributed by atoms with van der Waals surface area (Å²) in [6, 6.07) is 14.9. The minimum absolute atomic E-state index is 0.0322. The first-order valence-corrected chi connectivity index (χ1v) is 6.56. The second-order valence-electron chi connectivity index (χ2n) is 4.40. The van der Waals surface area contributed by atoms with Gasteiger partial charge in [-0.15, -0.1) is 0 Å². The molecule has 0 saturated carbocycles. The van der Waals surface area contributed by atoms with E-state index in [0.717, 1.165) is 16.7 Å². The highest BCUT2D eigenvalue weighted by Crippen LogP contribution is 2.27. The van der Waals surface area contributed by atoms with Gasteiger partial charge in [-0.25, -0.2) is 4.98 Å². The maximum absolute atomic E-state index is 9.03. The Balaban J connectivity index is 1.93. The standard InChI is InChI=1S/C16H12ClNO2/c17-14-3-1-2-13(8-14)16-18-9-15(20-16)12-6-4-11(10-19)5-7-12/h1-9,19H,10H2. The molecular formula is C16H12ClNO2. The van der Waals surface area contributed by atoms with Crippen LogP contribution >= 0.6 is 11.6 Å². The molecule has 0 radical (unpaired) electrons. The molecule has 0 fully saturated rings. The minimum atomic E-state index is 0.0322. The molecule has 2 aromatic carbocycles. The van der Waals surface area contributed by atoms with Gasteiger partial charge in [0.2, 0.25) is 5.89 Å². The summed E-state index contributed by atoms with van der Waals surface area (Å²) in [6.07, 6.45) is 1.68. The number of aliphatic hydroxyl groups excluding tert-OH is 1. The molecule has 0 unspecified atom stereocenters. The molecule has 20 heavy (non-hydrogen) atoms. The molecule has 0 spiro atoms. The first kappa shape index (κ1) is 12.9. The van der Waals surface area contributed by atoms with Gasteiger partial charge in [0.25, 0.3) is 0 Å². The van der Waals surface area contributed by atoms with Gasteiger partial charge in [-0.3, -0.25) is 0 Å². The predicted octanol–water partition coefficient (Wildman–Crippen LogP) is 4.15. The summed E-state index contributed by atoms with van der Waals surface area (Å²) in [7, 11) is 0. The minimum Gasteiger partial charge on any atom is -0.436 e. The molecule has 0 saturated heterocycles. The largest absolute Gasteiger partial charge is 0.436 e. The van der Waals surface area contributed by atoms with E-state index in [2.05, 4.69) is 4.98 Å². The van der Waals surface area contributed by atoms with Crippen LogP contribution in [0.2, 0.25) is 5.02 Å². The lowest BCUT2D eigenvalue weighted by Gasteiger charge is -1.99. The van der Waals surface area contributed by atoms with E-state index >= 15 is 0 Å². The Morgan fingerprint density at radius 3 is 2.55 bits per heavy atom. The predicted molar refractivity (Wildman–Crippen MR) is 78.3 cm³/mol. The van der Waals surface area contributed by atoms with Crippen molar-refractivity contribution in [2.24, 2.45) is 0 Å². The van der Waals surface area contributed by atoms with E-state index in [1.54, 1.807) is 6.20 Å². The zero-order valence-corrected chi connectivity index (χ0v) is 11.3. The van der Waals surface area contributed by atoms with Gasteiger partial charge in [0.15, 0.2) is 5.76 Å². The molecule has 3 aromatic rings. The zero-order chi connectivity index (χ0) is 13.9. The van der Waals surface area contributed by atoms with Crippen LogP contribution in [0, 0.1) is 0 Å². The number of hydrogen-bond donors (Lipinski definition) is 1. The average molecular weight is 286 g/mol. The van der Waals surface area contributed by atoms with Gasteiger partial charge in [0.05, 0.1) is 12.8 Å². The Bertz CT molecular complexity index is 719. The number of rotatable bonds is 3. The third kappa shape index (κ3) is 2.59. The third-order valence-electron chi connectivity index (χ3n) is 3.00. The number of oxazole rings is 1. The smallest absolute Gasteiger partial charge is 0.226 e. The van der Waals surface area contributed by atoms with Crippen LogP contribution in [0.3, 0.4) is 0 Å². The van der Waals surface area contributed by atoms with Gasteiger partial charge >= 0.3 is 0 Å². The Morgan fingerprint density at radius 1 is 1.05 bits per heavy atom. The van der Waals surface area contributed by atoms with Crippen LogP contribution in [0.15, 0.2) is 59.1 Å². The van der Waals surface area contributed by atoms with Crippen LogP contribution < -0.4 is 0 Å². The van der Waals surface area contributed by atoms with E-state index in [-0.39, 0.29) is 6.61 Å². The molecule has 0 amide bonds. The molecule has 0 aliphatic heterocycles. The Hall–Kier alpha value is -2.10. The molecule has 3 nitrogen and oxygen atoms in total. The van der Waals surface area contributed by atoms with Gasteiger partial charge < -0.3 is 9.52 Å². The summed E-state index contributed by atoms with van der Waals surface area (Å²) >= 11 is 5.96. The molecule has 3 rings (SSSR count). The topological polar surface area (TPSA) is 46.3 Å². The summed E-state index contributed by atoms with van der Waals surface area (Å²) in [6.45, 7) is 0.0322. The Labute approximate surface area is 121 Å². The summed E-state index contributed by atoms with van der Waals surface area (Å²) < 4.78 is 5.75. The molecule has 0 bridgehead atoms. The van der Waals surface area contributed by atoms with Gasteiger partial charge in [-0.1, -0.05) is 41.9 Å². The fourth-order valence-corrected chi connectivity index (χ4v) is 2.13. The molecule has 1 N–H and O–H groups in total. The molecule has 0 aliphatic carbocycles. The highest BCUT2D eigenvalue weighted by Gasteiger charge is 2.08. The van der Waals surface area contributed by atoms with E-state index in [1.807, 2.05) is 48.5 Å². The number of benzene rings is 2. The molecule has 4 heteroatoms. The lowest BCUT2D eigenvalue weighted by molar-refractivity contribution is 0.282. The molecule has 1 heterocycles. The van der Waals surface area contributed by atoms with E-state index in [4.69, 9.17) is 21.1 Å². The van der Waals surface area contributed by atoms with Crippen LogP contribution in [0.4, 0.5) is 0 Å². The van der Waals surface area contributed by atoms with Crippen molar-refractivity contribution in [3.05, 3.63) is 65.3 Å². The second-order valence-corrected chi connectivity index (χ2v) is 4.83. The summed E-state index contributed by atoms with van der Waals surface area (Å²) in [5.41, 5.74) is 2.63. The van der Waals surface area contributed by atoms with Crippen molar-refractivity contribution in [3.63, 3.8) is 0 Å². The SMILES string of the molecule is OCc1ccc(-c2cnc(-c3cccc(Cl)c3)o2)cc1.